The molecule has 2 aromatic rings. The van der Waals surface area contributed by atoms with Crippen molar-refractivity contribution in [1.82, 2.24) is 15.0 Å². The molecular weight excluding hydrogens is 291 g/mol. The molecule has 106 valence electrons. The van der Waals surface area contributed by atoms with Crippen LogP contribution in [-0.4, -0.2) is 15.0 Å². The van der Waals surface area contributed by atoms with Gasteiger partial charge in [-0.1, -0.05) is 0 Å². The maximum atomic E-state index is 12.4. The molecule has 0 saturated heterocycles. The zero-order valence-electron chi connectivity index (χ0n) is 10.3. The highest BCUT2D eigenvalue weighted by Gasteiger charge is 2.30. The van der Waals surface area contributed by atoms with Crippen LogP contribution in [0.4, 0.5) is 19.1 Å². The number of nitrogens with one attached hydrogen (secondary N) is 1. The molecule has 2 heterocycles. The van der Waals surface area contributed by atoms with Crippen LogP contribution >= 0.6 is 11.8 Å². The predicted octanol–water partition coefficient (Wildman–Crippen LogP) is 2.64. The monoisotopic (exact) mass is 301 g/mol. The first-order valence-electron chi connectivity index (χ1n) is 5.41. The van der Waals surface area contributed by atoms with Gasteiger partial charge in [-0.3, -0.25) is 5.43 Å². The van der Waals surface area contributed by atoms with E-state index in [9.17, 15) is 13.2 Å². The highest BCUT2D eigenvalue weighted by molar-refractivity contribution is 7.99. The summed E-state index contributed by atoms with van der Waals surface area (Å²) in [5.74, 6) is 5.43. The fourth-order valence-electron chi connectivity index (χ4n) is 1.31. The number of nitrogens with two attached hydrogens (primary N) is 1. The number of alkyl halides is 3. The van der Waals surface area contributed by atoms with Crippen LogP contribution in [0.3, 0.4) is 0 Å². The minimum absolute atomic E-state index is 0.227. The molecule has 0 fully saturated rings. The smallest absolute Gasteiger partial charge is 0.292 e. The molecule has 0 bridgehead atoms. The summed E-state index contributed by atoms with van der Waals surface area (Å²) < 4.78 is 37.3. The van der Waals surface area contributed by atoms with Crippen molar-refractivity contribution in [1.29, 1.82) is 0 Å². The van der Waals surface area contributed by atoms with Crippen LogP contribution in [0.2, 0.25) is 0 Å². The highest BCUT2D eigenvalue weighted by Crippen LogP contribution is 2.31. The fourth-order valence-corrected chi connectivity index (χ4v) is 2.09. The second-order valence-electron chi connectivity index (χ2n) is 3.81. The molecule has 3 N–H and O–H groups in total. The van der Waals surface area contributed by atoms with Crippen molar-refractivity contribution in [3.05, 3.63) is 35.7 Å². The second-order valence-corrected chi connectivity index (χ2v) is 4.82. The molecule has 20 heavy (non-hydrogen) atoms. The van der Waals surface area contributed by atoms with E-state index in [0.717, 1.165) is 29.6 Å². The summed E-state index contributed by atoms with van der Waals surface area (Å²) in [7, 11) is 0. The average molecular weight is 301 g/mol. The van der Waals surface area contributed by atoms with Gasteiger partial charge in [0.05, 0.1) is 5.56 Å². The standard InChI is InChI=1S/C11H10F3N5S/c1-6-4-17-10(19-15)18-9(6)20-8-3-2-7(5-16-8)11(12,13)14/h2-5H,15H2,1H3,(H,17,18,19). The number of nitrogens with zero attached hydrogens (tertiary/aromatic N) is 3. The molecule has 0 unspecified atom stereocenters. The number of pyridine rings is 1. The van der Waals surface area contributed by atoms with Gasteiger partial charge in [-0.05, 0) is 30.8 Å². The Labute approximate surface area is 116 Å². The number of hydrazine groups is 1. The molecule has 0 aromatic carbocycles. The Hall–Kier alpha value is -1.87. The number of anilines is 1. The van der Waals surface area contributed by atoms with Gasteiger partial charge in [-0.15, -0.1) is 0 Å². The van der Waals surface area contributed by atoms with Crippen LogP contribution in [0, 0.1) is 6.92 Å². The van der Waals surface area contributed by atoms with Gasteiger partial charge in [0.2, 0.25) is 5.95 Å². The summed E-state index contributed by atoms with van der Waals surface area (Å²) in [6.45, 7) is 1.78. The van der Waals surface area contributed by atoms with Crippen LogP contribution in [0.25, 0.3) is 0 Å². The third kappa shape index (κ3) is 3.36. The largest absolute Gasteiger partial charge is 0.417 e. The molecule has 0 atom stereocenters. The van der Waals surface area contributed by atoms with Gasteiger partial charge in [-0.25, -0.2) is 20.8 Å². The summed E-state index contributed by atoms with van der Waals surface area (Å²) in [6, 6.07) is 2.28. The molecule has 0 spiro atoms. The van der Waals surface area contributed by atoms with E-state index in [1.165, 1.54) is 6.07 Å². The van der Waals surface area contributed by atoms with E-state index in [2.05, 4.69) is 20.4 Å². The summed E-state index contributed by atoms with van der Waals surface area (Å²) >= 11 is 1.14. The van der Waals surface area contributed by atoms with E-state index in [1.54, 1.807) is 13.1 Å². The minimum atomic E-state index is -4.39. The number of aromatic nitrogens is 3. The number of aryl methyl sites for hydroxylation is 1. The van der Waals surface area contributed by atoms with Crippen molar-refractivity contribution in [3.8, 4) is 0 Å². The lowest BCUT2D eigenvalue weighted by Gasteiger charge is -2.08. The topological polar surface area (TPSA) is 76.7 Å². The first kappa shape index (κ1) is 14.5. The second kappa shape index (κ2) is 5.63. The highest BCUT2D eigenvalue weighted by atomic mass is 32.2. The summed E-state index contributed by atoms with van der Waals surface area (Å²) in [6.07, 6.45) is -2.03. The molecule has 0 aliphatic carbocycles. The lowest BCUT2D eigenvalue weighted by atomic mass is 10.3. The summed E-state index contributed by atoms with van der Waals surface area (Å²) in [5.41, 5.74) is 2.29. The van der Waals surface area contributed by atoms with Crippen molar-refractivity contribution in [2.45, 2.75) is 23.2 Å². The predicted molar refractivity (Wildman–Crippen MR) is 67.9 cm³/mol. The van der Waals surface area contributed by atoms with Crippen LogP contribution in [0.15, 0.2) is 34.6 Å². The lowest BCUT2D eigenvalue weighted by Crippen LogP contribution is -2.11. The van der Waals surface area contributed by atoms with Crippen molar-refractivity contribution >= 4 is 17.7 Å². The van der Waals surface area contributed by atoms with Crippen LogP contribution < -0.4 is 11.3 Å². The molecule has 0 radical (unpaired) electrons. The Bertz CT molecular complexity index is 600. The number of hydrogen-bond donors (Lipinski definition) is 2. The maximum absolute atomic E-state index is 12.4. The lowest BCUT2D eigenvalue weighted by molar-refractivity contribution is -0.137. The third-order valence-corrected chi connectivity index (χ3v) is 3.38. The molecule has 0 aliphatic heterocycles. The van der Waals surface area contributed by atoms with E-state index in [-0.39, 0.29) is 5.95 Å². The van der Waals surface area contributed by atoms with Crippen LogP contribution in [0.5, 0.6) is 0 Å². The first-order chi connectivity index (χ1) is 9.40. The summed E-state index contributed by atoms with van der Waals surface area (Å²) in [5, 5.41) is 0.975. The number of rotatable bonds is 3. The molecule has 5 nitrogen and oxygen atoms in total. The zero-order chi connectivity index (χ0) is 14.8. The summed E-state index contributed by atoms with van der Waals surface area (Å²) in [4.78, 5) is 11.8. The van der Waals surface area contributed by atoms with Crippen molar-refractivity contribution in [3.63, 3.8) is 0 Å². The van der Waals surface area contributed by atoms with Crippen molar-refractivity contribution in [2.24, 2.45) is 5.84 Å². The SMILES string of the molecule is Cc1cnc(NN)nc1Sc1ccc(C(F)(F)F)cn1. The van der Waals surface area contributed by atoms with Crippen molar-refractivity contribution < 1.29 is 13.2 Å². The van der Waals surface area contributed by atoms with Gasteiger partial charge in [0.1, 0.15) is 10.1 Å². The fraction of sp³-hybridized carbons (Fsp3) is 0.182. The number of nitrogen functional groups attached to an aromatic ring is 1. The van der Waals surface area contributed by atoms with E-state index < -0.39 is 11.7 Å². The number of hydrogen-bond acceptors (Lipinski definition) is 6. The molecular formula is C11H10F3N5S. The van der Waals surface area contributed by atoms with Crippen molar-refractivity contribution in [2.75, 3.05) is 5.43 Å². The molecule has 0 saturated carbocycles. The zero-order valence-corrected chi connectivity index (χ0v) is 11.1. The van der Waals surface area contributed by atoms with Gasteiger partial charge in [0.15, 0.2) is 0 Å². The Morgan fingerprint density at radius 2 is 1.95 bits per heavy atom. The maximum Gasteiger partial charge on any atom is 0.417 e. The van der Waals surface area contributed by atoms with E-state index >= 15 is 0 Å². The van der Waals surface area contributed by atoms with Crippen LogP contribution in [-0.2, 0) is 6.18 Å². The van der Waals surface area contributed by atoms with Gasteiger partial charge >= 0.3 is 6.18 Å². The van der Waals surface area contributed by atoms with E-state index in [0.29, 0.717) is 10.1 Å². The Balaban J connectivity index is 2.22. The molecule has 9 heteroatoms. The van der Waals surface area contributed by atoms with Crippen LogP contribution in [0.1, 0.15) is 11.1 Å². The molecule has 0 amide bonds. The van der Waals surface area contributed by atoms with E-state index in [1.807, 2.05) is 0 Å². The van der Waals surface area contributed by atoms with E-state index in [4.69, 9.17) is 5.84 Å². The van der Waals surface area contributed by atoms with Gasteiger partial charge in [0.25, 0.3) is 0 Å². The Morgan fingerprint density at radius 3 is 2.50 bits per heavy atom. The van der Waals surface area contributed by atoms with Gasteiger partial charge < -0.3 is 0 Å². The minimum Gasteiger partial charge on any atom is -0.292 e. The Kier molecular flexibility index (Phi) is 4.09. The quantitative estimate of drug-likeness (QED) is 0.515. The number of halogens is 3. The normalized spacial score (nSPS) is 11.4. The molecule has 0 aliphatic rings. The third-order valence-electron chi connectivity index (χ3n) is 2.32. The van der Waals surface area contributed by atoms with Gasteiger partial charge in [-0.2, -0.15) is 13.2 Å². The average Bonchev–Trinajstić information content (AvgIpc) is 2.41. The first-order valence-corrected chi connectivity index (χ1v) is 6.23. The molecule has 2 rings (SSSR count). The Morgan fingerprint density at radius 1 is 1.20 bits per heavy atom. The molecule has 2 aromatic heterocycles. The van der Waals surface area contributed by atoms with Gasteiger partial charge in [0, 0.05) is 18.0 Å².